The van der Waals surface area contributed by atoms with Gasteiger partial charge >= 0.3 is 5.97 Å². The van der Waals surface area contributed by atoms with Gasteiger partial charge in [-0.15, -0.1) is 0 Å². The predicted molar refractivity (Wildman–Crippen MR) is 77.2 cm³/mol. The SMILES string of the molecule is Cn1nc(C(=O)O)cc1-c1ccc2nc(C3CC3)[nH]c2c1. The average molecular weight is 282 g/mol. The number of carboxylic acid groups (broad SMARTS) is 1. The minimum atomic E-state index is -1.02. The molecule has 21 heavy (non-hydrogen) atoms. The zero-order chi connectivity index (χ0) is 14.6. The Morgan fingerprint density at radius 3 is 2.86 bits per heavy atom. The molecule has 2 N–H and O–H groups in total. The van der Waals surface area contributed by atoms with E-state index in [-0.39, 0.29) is 5.69 Å². The van der Waals surface area contributed by atoms with E-state index in [2.05, 4.69) is 15.1 Å². The first-order valence-corrected chi connectivity index (χ1v) is 6.89. The molecule has 2 aromatic heterocycles. The van der Waals surface area contributed by atoms with Gasteiger partial charge in [-0.3, -0.25) is 4.68 Å². The second-order valence-electron chi connectivity index (χ2n) is 5.47. The van der Waals surface area contributed by atoms with Crippen LogP contribution in [0.4, 0.5) is 0 Å². The van der Waals surface area contributed by atoms with Crippen molar-refractivity contribution in [2.24, 2.45) is 7.05 Å². The molecule has 2 heterocycles. The van der Waals surface area contributed by atoms with Crippen molar-refractivity contribution in [3.8, 4) is 11.3 Å². The first-order valence-electron chi connectivity index (χ1n) is 6.89. The molecular weight excluding hydrogens is 268 g/mol. The van der Waals surface area contributed by atoms with Crippen LogP contribution in [0.25, 0.3) is 22.3 Å². The summed E-state index contributed by atoms with van der Waals surface area (Å²) in [6.45, 7) is 0. The molecule has 1 aliphatic rings. The number of aromatic amines is 1. The lowest BCUT2D eigenvalue weighted by atomic mass is 10.1. The van der Waals surface area contributed by atoms with Gasteiger partial charge in [0, 0.05) is 18.5 Å². The Hall–Kier alpha value is -2.63. The van der Waals surface area contributed by atoms with E-state index in [9.17, 15) is 4.79 Å². The fourth-order valence-electron chi connectivity index (χ4n) is 2.58. The summed E-state index contributed by atoms with van der Waals surface area (Å²) in [6, 6.07) is 7.49. The first kappa shape index (κ1) is 12.1. The van der Waals surface area contributed by atoms with E-state index in [0.29, 0.717) is 5.92 Å². The molecule has 0 aliphatic heterocycles. The van der Waals surface area contributed by atoms with Gasteiger partial charge in [-0.1, -0.05) is 6.07 Å². The smallest absolute Gasteiger partial charge is 0.356 e. The van der Waals surface area contributed by atoms with Gasteiger partial charge in [-0.05, 0) is 31.0 Å². The van der Waals surface area contributed by atoms with Crippen molar-refractivity contribution in [1.29, 1.82) is 0 Å². The molecule has 6 nitrogen and oxygen atoms in total. The van der Waals surface area contributed by atoms with Crippen molar-refractivity contribution in [2.45, 2.75) is 18.8 Å². The molecule has 0 unspecified atom stereocenters. The monoisotopic (exact) mass is 282 g/mol. The second-order valence-corrected chi connectivity index (χ2v) is 5.47. The molecule has 0 amide bonds. The third-order valence-corrected chi connectivity index (χ3v) is 3.86. The Balaban J connectivity index is 1.80. The molecule has 6 heteroatoms. The van der Waals surface area contributed by atoms with Crippen LogP contribution in [0.2, 0.25) is 0 Å². The summed E-state index contributed by atoms with van der Waals surface area (Å²) in [5.74, 6) is 0.616. The van der Waals surface area contributed by atoms with Gasteiger partial charge in [0.25, 0.3) is 0 Å². The number of hydrogen-bond acceptors (Lipinski definition) is 3. The highest BCUT2D eigenvalue weighted by atomic mass is 16.4. The summed E-state index contributed by atoms with van der Waals surface area (Å²) in [6.07, 6.45) is 2.41. The Morgan fingerprint density at radius 1 is 1.38 bits per heavy atom. The van der Waals surface area contributed by atoms with Crippen LogP contribution in [0.15, 0.2) is 24.3 Å². The third-order valence-electron chi connectivity index (χ3n) is 3.86. The van der Waals surface area contributed by atoms with E-state index in [1.807, 2.05) is 18.2 Å². The summed E-state index contributed by atoms with van der Waals surface area (Å²) in [5.41, 5.74) is 3.68. The Kier molecular flexibility index (Phi) is 2.42. The van der Waals surface area contributed by atoms with E-state index in [0.717, 1.165) is 28.1 Å². The zero-order valence-corrected chi connectivity index (χ0v) is 11.5. The lowest BCUT2D eigenvalue weighted by Crippen LogP contribution is -1.99. The van der Waals surface area contributed by atoms with Gasteiger partial charge < -0.3 is 10.1 Å². The van der Waals surface area contributed by atoms with Crippen molar-refractivity contribution in [2.75, 3.05) is 0 Å². The maximum atomic E-state index is 11.0. The minimum Gasteiger partial charge on any atom is -0.476 e. The molecule has 1 fully saturated rings. The van der Waals surface area contributed by atoms with Crippen LogP contribution in [0.3, 0.4) is 0 Å². The van der Waals surface area contributed by atoms with Crippen molar-refractivity contribution < 1.29 is 9.90 Å². The van der Waals surface area contributed by atoms with Gasteiger partial charge in [0.05, 0.1) is 16.7 Å². The fraction of sp³-hybridized carbons (Fsp3) is 0.267. The van der Waals surface area contributed by atoms with Crippen molar-refractivity contribution in [3.63, 3.8) is 0 Å². The number of benzene rings is 1. The van der Waals surface area contributed by atoms with Crippen molar-refractivity contribution >= 4 is 17.0 Å². The highest BCUT2D eigenvalue weighted by molar-refractivity contribution is 5.88. The Morgan fingerprint density at radius 2 is 2.19 bits per heavy atom. The number of imidazole rings is 1. The molecule has 1 saturated carbocycles. The minimum absolute atomic E-state index is 0.0517. The van der Waals surface area contributed by atoms with Gasteiger partial charge in [0.2, 0.25) is 0 Å². The maximum Gasteiger partial charge on any atom is 0.356 e. The van der Waals surface area contributed by atoms with Crippen LogP contribution in [0.5, 0.6) is 0 Å². The summed E-state index contributed by atoms with van der Waals surface area (Å²) >= 11 is 0. The standard InChI is InChI=1S/C15H14N4O2/c1-19-13(7-12(18-19)15(20)21)9-4-5-10-11(6-9)17-14(16-10)8-2-3-8/h4-8H,2-3H2,1H3,(H,16,17)(H,20,21). The van der Waals surface area contributed by atoms with E-state index in [1.165, 1.54) is 12.8 Å². The number of fused-ring (bicyclic) bond motifs is 1. The number of rotatable bonds is 3. The lowest BCUT2D eigenvalue weighted by Gasteiger charge is -2.01. The Labute approximate surface area is 120 Å². The summed E-state index contributed by atoms with van der Waals surface area (Å²) < 4.78 is 1.59. The average Bonchev–Trinajstić information content (AvgIpc) is 3.10. The second kappa shape index (κ2) is 4.18. The quantitative estimate of drug-likeness (QED) is 0.773. The molecule has 0 spiro atoms. The molecule has 0 radical (unpaired) electrons. The molecule has 3 aromatic rings. The number of aryl methyl sites for hydroxylation is 1. The molecule has 4 rings (SSSR count). The molecule has 1 aliphatic carbocycles. The maximum absolute atomic E-state index is 11.0. The lowest BCUT2D eigenvalue weighted by molar-refractivity contribution is 0.0689. The number of carbonyl (C=O) groups is 1. The zero-order valence-electron chi connectivity index (χ0n) is 11.5. The van der Waals surface area contributed by atoms with E-state index in [1.54, 1.807) is 17.8 Å². The Bertz CT molecular complexity index is 858. The molecule has 1 aromatic carbocycles. The number of aromatic nitrogens is 4. The number of hydrogen-bond donors (Lipinski definition) is 2. The molecule has 0 bridgehead atoms. The van der Waals surface area contributed by atoms with Gasteiger partial charge in [-0.2, -0.15) is 5.10 Å². The number of H-pyrrole nitrogens is 1. The number of aromatic carboxylic acids is 1. The van der Waals surface area contributed by atoms with Gasteiger partial charge in [-0.25, -0.2) is 9.78 Å². The van der Waals surface area contributed by atoms with Gasteiger partial charge in [0.15, 0.2) is 5.69 Å². The summed E-state index contributed by atoms with van der Waals surface area (Å²) in [4.78, 5) is 19.0. The highest BCUT2D eigenvalue weighted by Gasteiger charge is 2.26. The molecule has 0 atom stereocenters. The molecule has 106 valence electrons. The van der Waals surface area contributed by atoms with E-state index < -0.39 is 5.97 Å². The number of nitrogens with one attached hydrogen (secondary N) is 1. The van der Waals surface area contributed by atoms with Crippen LogP contribution >= 0.6 is 0 Å². The van der Waals surface area contributed by atoms with E-state index in [4.69, 9.17) is 5.11 Å². The third kappa shape index (κ3) is 1.99. The number of nitrogens with zero attached hydrogens (tertiary/aromatic N) is 3. The summed E-state index contributed by atoms with van der Waals surface area (Å²) in [5, 5.41) is 13.0. The van der Waals surface area contributed by atoms with Crippen LogP contribution in [0, 0.1) is 0 Å². The number of carboxylic acids is 1. The van der Waals surface area contributed by atoms with Gasteiger partial charge in [0.1, 0.15) is 5.82 Å². The highest BCUT2D eigenvalue weighted by Crippen LogP contribution is 2.39. The van der Waals surface area contributed by atoms with Crippen LogP contribution in [-0.4, -0.2) is 30.8 Å². The van der Waals surface area contributed by atoms with Crippen LogP contribution in [0.1, 0.15) is 35.1 Å². The van der Waals surface area contributed by atoms with E-state index >= 15 is 0 Å². The van der Waals surface area contributed by atoms with Crippen molar-refractivity contribution in [1.82, 2.24) is 19.7 Å². The fourth-order valence-corrected chi connectivity index (χ4v) is 2.58. The topological polar surface area (TPSA) is 83.8 Å². The predicted octanol–water partition coefficient (Wildman–Crippen LogP) is 2.54. The van der Waals surface area contributed by atoms with Crippen LogP contribution < -0.4 is 0 Å². The molecule has 0 saturated heterocycles. The summed E-state index contributed by atoms with van der Waals surface area (Å²) in [7, 11) is 1.74. The van der Waals surface area contributed by atoms with Crippen molar-refractivity contribution in [3.05, 3.63) is 35.8 Å². The molecular formula is C15H14N4O2. The normalized spacial score (nSPS) is 14.7. The first-order chi connectivity index (χ1) is 10.1. The van der Waals surface area contributed by atoms with Crippen LogP contribution in [-0.2, 0) is 7.05 Å². The largest absolute Gasteiger partial charge is 0.476 e.